The molecule has 2 amide bonds. The Labute approximate surface area is 163 Å². The average Bonchev–Trinajstić information content (AvgIpc) is 2.72. The van der Waals surface area contributed by atoms with Crippen LogP contribution in [0.1, 0.15) is 11.1 Å². The number of likely N-dealkylation sites (N-methyl/N-ethyl adjacent to an activating group) is 1. The van der Waals surface area contributed by atoms with Crippen molar-refractivity contribution in [2.45, 2.75) is 6.61 Å². The number of carbonyl (C=O) groups excluding carboxylic acids is 2. The highest BCUT2D eigenvalue weighted by Crippen LogP contribution is 2.26. The molecule has 0 bridgehead atoms. The first kappa shape index (κ1) is 20.8. The van der Waals surface area contributed by atoms with Gasteiger partial charge < -0.3 is 19.1 Å². The van der Waals surface area contributed by atoms with Gasteiger partial charge in [-0.1, -0.05) is 30.3 Å². The molecule has 148 valence electrons. The van der Waals surface area contributed by atoms with E-state index in [0.717, 1.165) is 5.56 Å². The van der Waals surface area contributed by atoms with Crippen molar-refractivity contribution in [3.05, 3.63) is 59.7 Å². The van der Waals surface area contributed by atoms with E-state index in [2.05, 4.69) is 10.5 Å². The molecule has 8 heteroatoms. The van der Waals surface area contributed by atoms with Gasteiger partial charge in [-0.15, -0.1) is 0 Å². The zero-order chi connectivity index (χ0) is 20.4. The fourth-order valence-electron chi connectivity index (χ4n) is 2.26. The van der Waals surface area contributed by atoms with Crippen LogP contribution in [-0.2, 0) is 16.1 Å². The predicted molar refractivity (Wildman–Crippen MR) is 105 cm³/mol. The molecular formula is C20H23N3O5. The minimum Gasteiger partial charge on any atom is -0.493 e. The summed E-state index contributed by atoms with van der Waals surface area (Å²) in [7, 11) is 4.56. The smallest absolute Gasteiger partial charge is 0.410 e. The van der Waals surface area contributed by atoms with Gasteiger partial charge in [0.05, 0.1) is 20.4 Å². The third-order valence-electron chi connectivity index (χ3n) is 3.71. The lowest BCUT2D eigenvalue weighted by molar-refractivity contribution is -0.121. The van der Waals surface area contributed by atoms with E-state index in [1.54, 1.807) is 25.3 Å². The summed E-state index contributed by atoms with van der Waals surface area (Å²) in [6, 6.07) is 14.5. The third-order valence-corrected chi connectivity index (χ3v) is 3.71. The number of hydrazone groups is 1. The summed E-state index contributed by atoms with van der Waals surface area (Å²) in [5, 5.41) is 3.88. The van der Waals surface area contributed by atoms with Gasteiger partial charge >= 0.3 is 6.09 Å². The third kappa shape index (κ3) is 6.31. The van der Waals surface area contributed by atoms with E-state index in [9.17, 15) is 9.59 Å². The van der Waals surface area contributed by atoms with Crippen LogP contribution in [0.4, 0.5) is 4.79 Å². The van der Waals surface area contributed by atoms with Crippen molar-refractivity contribution < 1.29 is 23.8 Å². The van der Waals surface area contributed by atoms with Gasteiger partial charge in [0.1, 0.15) is 13.2 Å². The van der Waals surface area contributed by atoms with E-state index in [1.807, 2.05) is 30.3 Å². The van der Waals surface area contributed by atoms with E-state index in [1.165, 1.54) is 25.3 Å². The molecule has 0 unspecified atom stereocenters. The molecular weight excluding hydrogens is 362 g/mol. The average molecular weight is 385 g/mol. The van der Waals surface area contributed by atoms with Crippen molar-refractivity contribution in [1.82, 2.24) is 10.3 Å². The van der Waals surface area contributed by atoms with Crippen LogP contribution in [0.2, 0.25) is 0 Å². The van der Waals surface area contributed by atoms with Crippen LogP contribution >= 0.6 is 0 Å². The maximum atomic E-state index is 11.9. The quantitative estimate of drug-likeness (QED) is 0.557. The Hall–Kier alpha value is -3.55. The number of nitrogens with one attached hydrogen (secondary N) is 1. The Morgan fingerprint density at radius 1 is 1.07 bits per heavy atom. The Balaban J connectivity index is 1.79. The van der Waals surface area contributed by atoms with Crippen molar-refractivity contribution in [1.29, 1.82) is 0 Å². The number of hydrogen-bond donors (Lipinski definition) is 1. The summed E-state index contributed by atoms with van der Waals surface area (Å²) >= 11 is 0. The van der Waals surface area contributed by atoms with E-state index in [-0.39, 0.29) is 13.2 Å². The maximum Gasteiger partial charge on any atom is 0.410 e. The Morgan fingerprint density at radius 2 is 1.79 bits per heavy atom. The highest BCUT2D eigenvalue weighted by molar-refractivity contribution is 5.85. The van der Waals surface area contributed by atoms with Crippen molar-refractivity contribution in [3.63, 3.8) is 0 Å². The van der Waals surface area contributed by atoms with Crippen LogP contribution in [0.5, 0.6) is 11.5 Å². The summed E-state index contributed by atoms with van der Waals surface area (Å²) in [6.45, 7) is -0.0417. The molecule has 0 radical (unpaired) electrons. The minimum atomic E-state index is -0.595. The van der Waals surface area contributed by atoms with Crippen molar-refractivity contribution >= 4 is 18.2 Å². The second-order valence-corrected chi connectivity index (χ2v) is 5.80. The lowest BCUT2D eigenvalue weighted by Crippen LogP contribution is -2.36. The summed E-state index contributed by atoms with van der Waals surface area (Å²) in [4.78, 5) is 25.0. The second kappa shape index (κ2) is 10.6. The second-order valence-electron chi connectivity index (χ2n) is 5.80. The Bertz CT molecular complexity index is 824. The number of hydrogen-bond acceptors (Lipinski definition) is 6. The molecule has 0 saturated heterocycles. The monoisotopic (exact) mass is 385 g/mol. The van der Waals surface area contributed by atoms with Gasteiger partial charge in [0, 0.05) is 7.05 Å². The number of amides is 2. The van der Waals surface area contributed by atoms with Crippen molar-refractivity contribution in [3.8, 4) is 11.5 Å². The van der Waals surface area contributed by atoms with Gasteiger partial charge in [-0.3, -0.25) is 4.79 Å². The van der Waals surface area contributed by atoms with Crippen LogP contribution in [0, 0.1) is 0 Å². The topological polar surface area (TPSA) is 89.5 Å². The number of carbonyl (C=O) groups is 2. The predicted octanol–water partition coefficient (Wildman–Crippen LogP) is 2.42. The lowest BCUT2D eigenvalue weighted by atomic mass is 10.2. The van der Waals surface area contributed by atoms with Crippen LogP contribution in [0.25, 0.3) is 0 Å². The summed E-state index contributed by atoms with van der Waals surface area (Å²) in [5.41, 5.74) is 3.95. The van der Waals surface area contributed by atoms with Crippen LogP contribution in [-0.4, -0.2) is 50.9 Å². The molecule has 28 heavy (non-hydrogen) atoms. The van der Waals surface area contributed by atoms with Crippen molar-refractivity contribution in [2.75, 3.05) is 27.8 Å². The molecule has 0 fully saturated rings. The molecule has 0 aromatic heterocycles. The molecule has 0 aliphatic rings. The van der Waals surface area contributed by atoms with Gasteiger partial charge in [0.25, 0.3) is 5.91 Å². The molecule has 2 rings (SSSR count). The first-order chi connectivity index (χ1) is 13.5. The lowest BCUT2D eigenvalue weighted by Gasteiger charge is -2.15. The number of benzene rings is 2. The first-order valence-corrected chi connectivity index (χ1v) is 8.49. The van der Waals surface area contributed by atoms with E-state index in [0.29, 0.717) is 17.1 Å². The fraction of sp³-hybridized carbons (Fsp3) is 0.250. The molecule has 0 atom stereocenters. The molecule has 1 N–H and O–H groups in total. The molecule has 0 aliphatic carbocycles. The zero-order valence-corrected chi connectivity index (χ0v) is 16.0. The van der Waals surface area contributed by atoms with Crippen molar-refractivity contribution in [2.24, 2.45) is 5.10 Å². The summed E-state index contributed by atoms with van der Waals surface area (Å²) in [6.07, 6.45) is 0.871. The number of ether oxygens (including phenoxy) is 3. The molecule has 0 heterocycles. The van der Waals surface area contributed by atoms with E-state index >= 15 is 0 Å². The molecule has 0 aliphatic heterocycles. The van der Waals surface area contributed by atoms with E-state index in [4.69, 9.17) is 14.2 Å². The number of nitrogens with zero attached hydrogens (tertiary/aromatic N) is 2. The molecule has 8 nitrogen and oxygen atoms in total. The Kier molecular flexibility index (Phi) is 7.83. The zero-order valence-electron chi connectivity index (χ0n) is 16.0. The van der Waals surface area contributed by atoms with Crippen LogP contribution in [0.15, 0.2) is 53.6 Å². The van der Waals surface area contributed by atoms with Gasteiger partial charge in [0.2, 0.25) is 0 Å². The van der Waals surface area contributed by atoms with E-state index < -0.39 is 12.0 Å². The van der Waals surface area contributed by atoms with Crippen LogP contribution < -0.4 is 14.9 Å². The summed E-state index contributed by atoms with van der Waals surface area (Å²) in [5.74, 6) is 0.703. The van der Waals surface area contributed by atoms with Gasteiger partial charge in [-0.2, -0.15) is 5.10 Å². The SMILES string of the molecule is COc1ccc(C=NNC(=O)CN(C)C(=O)OCc2ccccc2)cc1OC. The normalized spacial score (nSPS) is 10.4. The van der Waals surface area contributed by atoms with Gasteiger partial charge in [-0.25, -0.2) is 10.2 Å². The molecule has 0 saturated carbocycles. The fourth-order valence-corrected chi connectivity index (χ4v) is 2.26. The highest BCUT2D eigenvalue weighted by Gasteiger charge is 2.14. The van der Waals surface area contributed by atoms with Crippen LogP contribution in [0.3, 0.4) is 0 Å². The number of methoxy groups -OCH3 is 2. The molecule has 0 spiro atoms. The largest absolute Gasteiger partial charge is 0.493 e. The minimum absolute atomic E-state index is 0.142. The summed E-state index contributed by atoms with van der Waals surface area (Å²) < 4.78 is 15.5. The maximum absolute atomic E-state index is 11.9. The Morgan fingerprint density at radius 3 is 2.46 bits per heavy atom. The molecule has 2 aromatic carbocycles. The van der Waals surface area contributed by atoms with Gasteiger partial charge in [0.15, 0.2) is 11.5 Å². The first-order valence-electron chi connectivity index (χ1n) is 8.49. The van der Waals surface area contributed by atoms with Gasteiger partial charge in [-0.05, 0) is 29.3 Å². The standard InChI is InChI=1S/C20H23N3O5/c1-23(20(25)28-14-15-7-5-4-6-8-15)13-19(24)22-21-12-16-9-10-17(26-2)18(11-16)27-3/h4-12H,13-14H2,1-3H3,(H,22,24). The highest BCUT2D eigenvalue weighted by atomic mass is 16.6. The molecule has 2 aromatic rings. The number of rotatable bonds is 8.